The molecule has 1 heterocycles. The number of hydrogen-bond donors (Lipinski definition) is 1. The van der Waals surface area contributed by atoms with Crippen LogP contribution in [0.15, 0.2) is 41.8 Å². The molecule has 3 rings (SSSR count). The van der Waals surface area contributed by atoms with Gasteiger partial charge in [-0.05, 0) is 30.3 Å². The molecular weight excluding hydrogens is 351 g/mol. The Morgan fingerprint density at radius 1 is 1.12 bits per heavy atom. The summed E-state index contributed by atoms with van der Waals surface area (Å²) in [5.41, 5.74) is 2.30. The molecule has 4 nitrogen and oxygen atoms in total. The van der Waals surface area contributed by atoms with Crippen molar-refractivity contribution >= 4 is 33.8 Å². The monoisotopic (exact) mass is 364 g/mol. The molecule has 1 aromatic heterocycles. The summed E-state index contributed by atoms with van der Waals surface area (Å²) in [6.07, 6.45) is 0. The number of thiazole rings is 1. The first kappa shape index (κ1) is 16.5. The van der Waals surface area contributed by atoms with Crippen molar-refractivity contribution in [3.05, 3.63) is 52.6 Å². The Bertz CT molecular complexity index is 870. The summed E-state index contributed by atoms with van der Waals surface area (Å²) in [7, 11) is 3.21. The predicted octanol–water partition coefficient (Wildman–Crippen LogP) is 5.36. The molecule has 0 atom stereocenters. The smallest absolute Gasteiger partial charge is 0.187 e. The highest BCUT2D eigenvalue weighted by Crippen LogP contribution is 2.35. The maximum atomic E-state index is 13.2. The van der Waals surface area contributed by atoms with Gasteiger partial charge in [0.1, 0.15) is 17.3 Å². The second-order valence-electron chi connectivity index (χ2n) is 4.86. The topological polar surface area (TPSA) is 43.4 Å². The van der Waals surface area contributed by atoms with E-state index >= 15 is 0 Å². The first-order chi connectivity index (χ1) is 11.6. The summed E-state index contributed by atoms with van der Waals surface area (Å²) in [6, 6.07) is 9.99. The lowest BCUT2D eigenvalue weighted by atomic mass is 10.1. The zero-order valence-electron chi connectivity index (χ0n) is 13.0. The van der Waals surface area contributed by atoms with E-state index in [4.69, 9.17) is 21.1 Å². The zero-order valence-corrected chi connectivity index (χ0v) is 14.5. The average Bonchev–Trinajstić information content (AvgIpc) is 3.05. The maximum absolute atomic E-state index is 13.2. The number of benzene rings is 2. The van der Waals surface area contributed by atoms with Crippen molar-refractivity contribution in [2.24, 2.45) is 0 Å². The molecule has 0 radical (unpaired) electrons. The minimum absolute atomic E-state index is 0.0635. The van der Waals surface area contributed by atoms with Crippen LogP contribution in [0.1, 0.15) is 0 Å². The van der Waals surface area contributed by atoms with Crippen molar-refractivity contribution in [3.63, 3.8) is 0 Å². The van der Waals surface area contributed by atoms with Crippen molar-refractivity contribution < 1.29 is 13.9 Å². The third-order valence-corrected chi connectivity index (χ3v) is 4.41. The lowest BCUT2D eigenvalue weighted by Gasteiger charge is -2.08. The Balaban J connectivity index is 1.86. The molecule has 0 bridgehead atoms. The summed E-state index contributed by atoms with van der Waals surface area (Å²) in [5.74, 6) is 0.936. The number of aromatic nitrogens is 1. The van der Waals surface area contributed by atoms with E-state index in [1.807, 2.05) is 23.6 Å². The molecule has 24 heavy (non-hydrogen) atoms. The van der Waals surface area contributed by atoms with E-state index in [0.29, 0.717) is 22.3 Å². The minimum atomic E-state index is -0.454. The number of ether oxygens (including phenoxy) is 2. The average molecular weight is 365 g/mol. The summed E-state index contributed by atoms with van der Waals surface area (Å²) in [4.78, 5) is 4.54. The van der Waals surface area contributed by atoms with Gasteiger partial charge in [0.25, 0.3) is 0 Å². The van der Waals surface area contributed by atoms with Crippen LogP contribution in [0.4, 0.5) is 15.2 Å². The van der Waals surface area contributed by atoms with Crippen molar-refractivity contribution in [3.8, 4) is 22.8 Å². The molecule has 0 saturated heterocycles. The number of nitrogens with one attached hydrogen (secondary N) is 1. The van der Waals surface area contributed by atoms with E-state index in [1.54, 1.807) is 20.3 Å². The van der Waals surface area contributed by atoms with Gasteiger partial charge in [0, 0.05) is 22.7 Å². The van der Waals surface area contributed by atoms with Gasteiger partial charge in [-0.2, -0.15) is 0 Å². The Labute approximate surface area is 147 Å². The first-order valence-electron chi connectivity index (χ1n) is 7.00. The number of anilines is 2. The fourth-order valence-electron chi connectivity index (χ4n) is 2.16. The van der Waals surface area contributed by atoms with E-state index in [2.05, 4.69) is 10.3 Å². The Morgan fingerprint density at radius 3 is 2.67 bits per heavy atom. The molecule has 1 N–H and O–H groups in total. The van der Waals surface area contributed by atoms with Crippen molar-refractivity contribution in [2.45, 2.75) is 0 Å². The van der Waals surface area contributed by atoms with Crippen LogP contribution in [-0.4, -0.2) is 19.2 Å². The normalized spacial score (nSPS) is 10.5. The summed E-state index contributed by atoms with van der Waals surface area (Å²) >= 11 is 7.22. The molecule has 3 aromatic rings. The van der Waals surface area contributed by atoms with Gasteiger partial charge in [-0.1, -0.05) is 11.6 Å². The Morgan fingerprint density at radius 2 is 1.96 bits per heavy atom. The highest BCUT2D eigenvalue weighted by Gasteiger charge is 2.12. The molecule has 2 aromatic carbocycles. The number of hydrogen-bond acceptors (Lipinski definition) is 5. The summed E-state index contributed by atoms with van der Waals surface area (Å²) in [6.45, 7) is 0. The largest absolute Gasteiger partial charge is 0.497 e. The second kappa shape index (κ2) is 7.07. The van der Waals surface area contributed by atoms with E-state index in [-0.39, 0.29) is 5.02 Å². The number of halogens is 2. The molecule has 0 saturated carbocycles. The van der Waals surface area contributed by atoms with E-state index in [0.717, 1.165) is 11.3 Å². The van der Waals surface area contributed by atoms with E-state index in [1.165, 1.54) is 23.5 Å². The van der Waals surface area contributed by atoms with Gasteiger partial charge in [0.2, 0.25) is 0 Å². The molecular formula is C17H14ClFN2O2S. The fraction of sp³-hybridized carbons (Fsp3) is 0.118. The lowest BCUT2D eigenvalue weighted by molar-refractivity contribution is 0.395. The Kier molecular flexibility index (Phi) is 4.87. The van der Waals surface area contributed by atoms with Crippen LogP contribution in [0.5, 0.6) is 11.5 Å². The molecule has 0 fully saturated rings. The lowest BCUT2D eigenvalue weighted by Crippen LogP contribution is -1.92. The SMILES string of the molecule is COc1ccc(-c2csc(Nc3ccc(F)c(Cl)c3)n2)c(OC)c1. The van der Waals surface area contributed by atoms with E-state index in [9.17, 15) is 4.39 Å². The Hall–Kier alpha value is -2.31. The van der Waals surface area contributed by atoms with Crippen LogP contribution < -0.4 is 14.8 Å². The molecule has 124 valence electrons. The van der Waals surface area contributed by atoms with Gasteiger partial charge in [-0.3, -0.25) is 0 Å². The van der Waals surface area contributed by atoms with Gasteiger partial charge in [0.15, 0.2) is 5.13 Å². The molecule has 0 spiro atoms. The maximum Gasteiger partial charge on any atom is 0.187 e. The second-order valence-corrected chi connectivity index (χ2v) is 6.12. The zero-order chi connectivity index (χ0) is 17.1. The molecule has 0 aliphatic carbocycles. The van der Waals surface area contributed by atoms with Crippen LogP contribution in [0.2, 0.25) is 5.02 Å². The van der Waals surface area contributed by atoms with Crippen molar-refractivity contribution in [2.75, 3.05) is 19.5 Å². The van der Waals surface area contributed by atoms with Crippen LogP contribution in [-0.2, 0) is 0 Å². The summed E-state index contributed by atoms with van der Waals surface area (Å²) < 4.78 is 23.8. The third kappa shape index (κ3) is 3.44. The van der Waals surface area contributed by atoms with Gasteiger partial charge < -0.3 is 14.8 Å². The third-order valence-electron chi connectivity index (χ3n) is 3.36. The van der Waals surface area contributed by atoms with Gasteiger partial charge in [0.05, 0.1) is 24.9 Å². The fourth-order valence-corrected chi connectivity index (χ4v) is 3.07. The van der Waals surface area contributed by atoms with Crippen LogP contribution in [0, 0.1) is 5.82 Å². The number of rotatable bonds is 5. The molecule has 0 amide bonds. The highest BCUT2D eigenvalue weighted by molar-refractivity contribution is 7.14. The highest BCUT2D eigenvalue weighted by atomic mass is 35.5. The van der Waals surface area contributed by atoms with Gasteiger partial charge in [-0.25, -0.2) is 9.37 Å². The standard InChI is InChI=1S/C17H14ClFN2O2S/c1-22-11-4-5-12(16(8-11)23-2)15-9-24-17(21-15)20-10-3-6-14(19)13(18)7-10/h3-9H,1-2H3,(H,20,21). The van der Waals surface area contributed by atoms with Crippen LogP contribution in [0.3, 0.4) is 0 Å². The van der Waals surface area contributed by atoms with Crippen molar-refractivity contribution in [1.29, 1.82) is 0 Å². The van der Waals surface area contributed by atoms with Gasteiger partial charge >= 0.3 is 0 Å². The van der Waals surface area contributed by atoms with Crippen LogP contribution >= 0.6 is 22.9 Å². The predicted molar refractivity (Wildman–Crippen MR) is 95.3 cm³/mol. The summed E-state index contributed by atoms with van der Waals surface area (Å²) in [5, 5.41) is 5.76. The van der Waals surface area contributed by atoms with Crippen molar-refractivity contribution in [1.82, 2.24) is 4.98 Å². The quantitative estimate of drug-likeness (QED) is 0.661. The first-order valence-corrected chi connectivity index (χ1v) is 8.26. The number of methoxy groups -OCH3 is 2. The van der Waals surface area contributed by atoms with Crippen LogP contribution in [0.25, 0.3) is 11.3 Å². The van der Waals surface area contributed by atoms with Gasteiger partial charge in [-0.15, -0.1) is 11.3 Å². The molecule has 7 heteroatoms. The molecule has 0 unspecified atom stereocenters. The molecule has 0 aliphatic rings. The molecule has 0 aliphatic heterocycles. The minimum Gasteiger partial charge on any atom is -0.497 e. The number of nitrogens with zero attached hydrogens (tertiary/aromatic N) is 1. The van der Waals surface area contributed by atoms with E-state index < -0.39 is 5.82 Å².